The molecule has 4 rings (SSSR count). The van der Waals surface area contributed by atoms with E-state index in [4.69, 9.17) is 0 Å². The van der Waals surface area contributed by atoms with E-state index in [1.165, 1.54) is 38.5 Å². The maximum absolute atomic E-state index is 11.4. The third-order valence-electron chi connectivity index (χ3n) is 6.02. The lowest BCUT2D eigenvalue weighted by molar-refractivity contribution is -0.0715. The summed E-state index contributed by atoms with van der Waals surface area (Å²) in [5.74, 6) is 3.85. The Hall–Kier alpha value is 0.110. The standard InChI is InChI=1S/C16H29NOS/c1-11(10-19(3)18)17-12(2)16-7-13-4-14(8-16)6-15(5-13)9-16/h11-15,17H,4-10H2,1-3H3. The zero-order valence-electron chi connectivity index (χ0n) is 12.7. The van der Waals surface area contributed by atoms with Gasteiger partial charge < -0.3 is 5.32 Å². The van der Waals surface area contributed by atoms with Crippen LogP contribution in [0.1, 0.15) is 52.4 Å². The van der Waals surface area contributed by atoms with Crippen LogP contribution in [0.3, 0.4) is 0 Å². The van der Waals surface area contributed by atoms with E-state index in [-0.39, 0.29) is 0 Å². The highest BCUT2D eigenvalue weighted by atomic mass is 32.2. The normalized spacial score (nSPS) is 45.1. The molecule has 3 atom stereocenters. The van der Waals surface area contributed by atoms with Crippen LogP contribution in [-0.2, 0) is 10.8 Å². The second-order valence-electron chi connectivity index (χ2n) is 7.81. The molecule has 0 radical (unpaired) electrons. The highest BCUT2D eigenvalue weighted by molar-refractivity contribution is 7.84. The molecule has 0 amide bonds. The highest BCUT2D eigenvalue weighted by Crippen LogP contribution is 2.61. The number of rotatable bonds is 5. The third-order valence-corrected chi connectivity index (χ3v) is 6.99. The molecular weight excluding hydrogens is 254 g/mol. The van der Waals surface area contributed by atoms with Crippen LogP contribution < -0.4 is 5.32 Å². The number of nitrogens with one attached hydrogen (secondary N) is 1. The lowest BCUT2D eigenvalue weighted by Crippen LogP contribution is -2.56. The smallest absolute Gasteiger partial charge is 0.0383 e. The second kappa shape index (κ2) is 5.14. The summed E-state index contributed by atoms with van der Waals surface area (Å²) in [7, 11) is -0.686. The Balaban J connectivity index is 1.66. The van der Waals surface area contributed by atoms with Crippen LogP contribution in [0.25, 0.3) is 0 Å². The Kier molecular flexibility index (Phi) is 3.81. The molecule has 110 valence electrons. The van der Waals surface area contributed by atoms with Crippen molar-refractivity contribution in [3.63, 3.8) is 0 Å². The van der Waals surface area contributed by atoms with E-state index in [2.05, 4.69) is 19.2 Å². The lowest BCUT2D eigenvalue weighted by atomic mass is 9.48. The van der Waals surface area contributed by atoms with Crippen LogP contribution >= 0.6 is 0 Å². The lowest BCUT2D eigenvalue weighted by Gasteiger charge is -2.59. The molecule has 4 bridgehead atoms. The molecular formula is C16H29NOS. The van der Waals surface area contributed by atoms with Gasteiger partial charge in [-0.1, -0.05) is 0 Å². The topological polar surface area (TPSA) is 29.1 Å². The summed E-state index contributed by atoms with van der Waals surface area (Å²) in [5.41, 5.74) is 0.568. The zero-order valence-corrected chi connectivity index (χ0v) is 13.5. The van der Waals surface area contributed by atoms with Gasteiger partial charge in [0, 0.05) is 34.9 Å². The Morgan fingerprint density at radius 2 is 1.58 bits per heavy atom. The molecule has 0 aromatic heterocycles. The summed E-state index contributed by atoms with van der Waals surface area (Å²) in [4.78, 5) is 0. The van der Waals surface area contributed by atoms with Crippen molar-refractivity contribution in [1.29, 1.82) is 0 Å². The fraction of sp³-hybridized carbons (Fsp3) is 1.00. The molecule has 4 aliphatic carbocycles. The summed E-state index contributed by atoms with van der Waals surface area (Å²) < 4.78 is 11.4. The maximum Gasteiger partial charge on any atom is 0.0383 e. The van der Waals surface area contributed by atoms with E-state index in [0.29, 0.717) is 17.5 Å². The summed E-state index contributed by atoms with van der Waals surface area (Å²) >= 11 is 0. The highest BCUT2D eigenvalue weighted by Gasteiger charge is 2.53. The van der Waals surface area contributed by atoms with E-state index in [1.54, 1.807) is 0 Å². The summed E-state index contributed by atoms with van der Waals surface area (Å²) in [6.07, 6.45) is 10.7. The molecule has 2 nitrogen and oxygen atoms in total. The molecule has 0 aromatic rings. The average molecular weight is 283 g/mol. The first-order chi connectivity index (χ1) is 8.97. The zero-order chi connectivity index (χ0) is 13.6. The summed E-state index contributed by atoms with van der Waals surface area (Å²) in [6, 6.07) is 0.980. The van der Waals surface area contributed by atoms with E-state index in [0.717, 1.165) is 23.5 Å². The van der Waals surface area contributed by atoms with Gasteiger partial charge in [0.15, 0.2) is 0 Å². The summed E-state index contributed by atoms with van der Waals surface area (Å²) in [6.45, 7) is 4.58. The Labute approximate surface area is 120 Å². The van der Waals surface area contributed by atoms with E-state index in [1.807, 2.05) is 6.26 Å². The Morgan fingerprint density at radius 3 is 2.00 bits per heavy atom. The van der Waals surface area contributed by atoms with Crippen molar-refractivity contribution >= 4 is 10.8 Å². The van der Waals surface area contributed by atoms with Gasteiger partial charge in [-0.2, -0.15) is 0 Å². The minimum atomic E-state index is -0.686. The minimum Gasteiger partial charge on any atom is -0.310 e. The monoisotopic (exact) mass is 283 g/mol. The van der Waals surface area contributed by atoms with Crippen molar-refractivity contribution < 1.29 is 4.21 Å². The van der Waals surface area contributed by atoms with Gasteiger partial charge in [-0.25, -0.2) is 0 Å². The Bertz CT molecular complexity index is 332. The van der Waals surface area contributed by atoms with E-state index < -0.39 is 10.8 Å². The van der Waals surface area contributed by atoms with Gasteiger partial charge in [-0.15, -0.1) is 0 Å². The molecule has 0 heterocycles. The molecule has 1 N–H and O–H groups in total. The average Bonchev–Trinajstić information content (AvgIpc) is 2.25. The van der Waals surface area contributed by atoms with Crippen LogP contribution in [0.2, 0.25) is 0 Å². The van der Waals surface area contributed by atoms with Gasteiger partial charge in [0.25, 0.3) is 0 Å². The summed E-state index contributed by atoms with van der Waals surface area (Å²) in [5, 5.41) is 3.78. The van der Waals surface area contributed by atoms with Crippen molar-refractivity contribution in [2.75, 3.05) is 12.0 Å². The van der Waals surface area contributed by atoms with E-state index in [9.17, 15) is 4.21 Å². The van der Waals surface area contributed by atoms with Gasteiger partial charge in [-0.3, -0.25) is 4.21 Å². The van der Waals surface area contributed by atoms with Crippen LogP contribution in [0, 0.1) is 23.2 Å². The molecule has 0 spiro atoms. The van der Waals surface area contributed by atoms with Gasteiger partial charge in [0.2, 0.25) is 0 Å². The fourth-order valence-corrected chi connectivity index (χ4v) is 6.51. The minimum absolute atomic E-state index is 0.383. The van der Waals surface area contributed by atoms with Gasteiger partial charge in [-0.05, 0) is 75.5 Å². The van der Waals surface area contributed by atoms with Gasteiger partial charge >= 0.3 is 0 Å². The molecule has 0 aliphatic heterocycles. The second-order valence-corrected chi connectivity index (χ2v) is 9.29. The van der Waals surface area contributed by atoms with Crippen molar-refractivity contribution in [2.45, 2.75) is 64.5 Å². The van der Waals surface area contributed by atoms with E-state index >= 15 is 0 Å². The van der Waals surface area contributed by atoms with Crippen molar-refractivity contribution in [2.24, 2.45) is 23.2 Å². The largest absolute Gasteiger partial charge is 0.310 e. The van der Waals surface area contributed by atoms with Crippen molar-refractivity contribution in [3.05, 3.63) is 0 Å². The number of hydrogen-bond donors (Lipinski definition) is 1. The first kappa shape index (κ1) is 14.1. The van der Waals surface area contributed by atoms with Crippen molar-refractivity contribution in [1.82, 2.24) is 5.32 Å². The molecule has 4 saturated carbocycles. The van der Waals surface area contributed by atoms with Gasteiger partial charge in [0.05, 0.1) is 0 Å². The first-order valence-electron chi connectivity index (χ1n) is 8.03. The molecule has 4 fully saturated rings. The predicted molar refractivity (Wildman–Crippen MR) is 81.6 cm³/mol. The number of hydrogen-bond acceptors (Lipinski definition) is 2. The van der Waals surface area contributed by atoms with Crippen molar-refractivity contribution in [3.8, 4) is 0 Å². The maximum atomic E-state index is 11.4. The molecule has 0 aromatic carbocycles. The first-order valence-corrected chi connectivity index (χ1v) is 9.75. The van der Waals surface area contributed by atoms with Crippen LogP contribution in [0.4, 0.5) is 0 Å². The predicted octanol–water partition coefficient (Wildman–Crippen LogP) is 2.95. The van der Waals surface area contributed by atoms with Crippen LogP contribution in [0.5, 0.6) is 0 Å². The SMILES string of the molecule is CC(CS(C)=O)NC(C)C12CC3CC(CC(C3)C1)C2. The van der Waals surface area contributed by atoms with Gasteiger partial charge in [0.1, 0.15) is 0 Å². The molecule has 19 heavy (non-hydrogen) atoms. The van der Waals surface area contributed by atoms with Crippen LogP contribution in [-0.4, -0.2) is 28.3 Å². The molecule has 0 saturated heterocycles. The fourth-order valence-electron chi connectivity index (χ4n) is 5.71. The molecule has 3 heteroatoms. The third kappa shape index (κ3) is 2.78. The van der Waals surface area contributed by atoms with Crippen LogP contribution in [0.15, 0.2) is 0 Å². The Morgan fingerprint density at radius 1 is 1.11 bits per heavy atom. The molecule has 3 unspecified atom stereocenters. The quantitative estimate of drug-likeness (QED) is 0.840. The molecule has 4 aliphatic rings.